The summed E-state index contributed by atoms with van der Waals surface area (Å²) in [4.78, 5) is 23.4. The Morgan fingerprint density at radius 1 is 1.35 bits per heavy atom. The van der Waals surface area contributed by atoms with E-state index in [1.165, 1.54) is 0 Å². The summed E-state index contributed by atoms with van der Waals surface area (Å²) in [5.74, 6) is 1.86. The predicted octanol–water partition coefficient (Wildman–Crippen LogP) is 1.55. The Hall–Kier alpha value is -1.87. The molecule has 142 valence electrons. The summed E-state index contributed by atoms with van der Waals surface area (Å²) in [5.41, 5.74) is 0.816. The van der Waals surface area contributed by atoms with E-state index in [4.69, 9.17) is 14.7 Å². The first-order valence-electron chi connectivity index (χ1n) is 9.07. The van der Waals surface area contributed by atoms with Crippen LogP contribution < -0.4 is 10.2 Å². The Kier molecular flexibility index (Phi) is 6.31. The molecule has 1 aliphatic rings. The number of carbonyl (C=O) groups excluding carboxylic acids is 1. The number of thioether (sulfide) groups is 1. The number of anilines is 1. The molecule has 2 aromatic heterocycles. The van der Waals surface area contributed by atoms with Gasteiger partial charge >= 0.3 is 0 Å². The molecule has 1 saturated heterocycles. The molecule has 3 heterocycles. The van der Waals surface area contributed by atoms with Crippen LogP contribution >= 0.6 is 11.8 Å². The van der Waals surface area contributed by atoms with Gasteiger partial charge in [0, 0.05) is 25.6 Å². The lowest BCUT2D eigenvalue weighted by Crippen LogP contribution is -2.37. The Morgan fingerprint density at radius 2 is 2.12 bits per heavy atom. The van der Waals surface area contributed by atoms with Gasteiger partial charge < -0.3 is 15.0 Å². The zero-order chi connectivity index (χ0) is 18.5. The second-order valence-corrected chi connectivity index (χ2v) is 7.64. The summed E-state index contributed by atoms with van der Waals surface area (Å²) >= 11 is 1.62. The van der Waals surface area contributed by atoms with Gasteiger partial charge in [0.25, 0.3) is 0 Å². The molecule has 3 rings (SSSR count). The van der Waals surface area contributed by atoms with Crippen molar-refractivity contribution in [3.63, 3.8) is 0 Å². The van der Waals surface area contributed by atoms with Crippen LogP contribution in [0.1, 0.15) is 20.8 Å². The lowest BCUT2D eigenvalue weighted by atomic mass is 10.2. The maximum atomic E-state index is 11.7. The summed E-state index contributed by atoms with van der Waals surface area (Å²) in [5, 5.41) is 9.12. The van der Waals surface area contributed by atoms with E-state index in [0.717, 1.165) is 40.9 Å². The van der Waals surface area contributed by atoms with E-state index in [1.54, 1.807) is 11.8 Å². The highest BCUT2D eigenvalue weighted by Crippen LogP contribution is 2.27. The second-order valence-electron chi connectivity index (χ2n) is 6.41. The molecule has 0 bridgehead atoms. The van der Waals surface area contributed by atoms with Crippen molar-refractivity contribution in [2.75, 3.05) is 43.5 Å². The zero-order valence-corrected chi connectivity index (χ0v) is 16.4. The summed E-state index contributed by atoms with van der Waals surface area (Å²) in [7, 11) is 0. The Balaban J connectivity index is 1.86. The van der Waals surface area contributed by atoms with E-state index in [-0.39, 0.29) is 11.8 Å². The van der Waals surface area contributed by atoms with Gasteiger partial charge in [-0.1, -0.05) is 32.5 Å². The van der Waals surface area contributed by atoms with Crippen LogP contribution in [0.5, 0.6) is 0 Å². The number of nitrogens with one attached hydrogen (secondary N) is 1. The van der Waals surface area contributed by atoms with Gasteiger partial charge in [0.05, 0.1) is 31.3 Å². The number of ether oxygens (including phenoxy) is 1. The van der Waals surface area contributed by atoms with Crippen molar-refractivity contribution in [3.05, 3.63) is 6.20 Å². The molecule has 8 nitrogen and oxygen atoms in total. The van der Waals surface area contributed by atoms with Gasteiger partial charge in [0.2, 0.25) is 5.91 Å². The van der Waals surface area contributed by atoms with Gasteiger partial charge in [-0.05, 0) is 5.75 Å². The fourth-order valence-electron chi connectivity index (χ4n) is 2.78. The smallest absolute Gasteiger partial charge is 0.222 e. The van der Waals surface area contributed by atoms with E-state index in [0.29, 0.717) is 26.3 Å². The van der Waals surface area contributed by atoms with Crippen molar-refractivity contribution in [3.8, 4) is 0 Å². The van der Waals surface area contributed by atoms with E-state index in [1.807, 2.05) is 24.7 Å². The molecule has 1 fully saturated rings. The number of hydrogen-bond donors (Lipinski definition) is 1. The van der Waals surface area contributed by atoms with Crippen LogP contribution in [0, 0.1) is 5.92 Å². The molecule has 0 spiro atoms. The molecule has 0 atom stereocenters. The average molecular weight is 379 g/mol. The molecule has 1 amide bonds. The minimum Gasteiger partial charge on any atom is -0.378 e. The number of morpholine rings is 1. The third kappa shape index (κ3) is 4.27. The van der Waals surface area contributed by atoms with Crippen molar-refractivity contribution in [1.82, 2.24) is 25.1 Å². The minimum absolute atomic E-state index is 0.0211. The molecular formula is C17H26N6O2S. The van der Waals surface area contributed by atoms with Crippen molar-refractivity contribution in [1.29, 1.82) is 0 Å². The largest absolute Gasteiger partial charge is 0.378 e. The van der Waals surface area contributed by atoms with E-state index in [2.05, 4.69) is 22.2 Å². The maximum absolute atomic E-state index is 11.7. The zero-order valence-electron chi connectivity index (χ0n) is 15.6. The molecule has 1 aliphatic heterocycles. The highest BCUT2D eigenvalue weighted by molar-refractivity contribution is 7.99. The van der Waals surface area contributed by atoms with E-state index in [9.17, 15) is 4.79 Å². The van der Waals surface area contributed by atoms with Crippen molar-refractivity contribution >= 4 is 34.5 Å². The first-order valence-corrected chi connectivity index (χ1v) is 10.1. The van der Waals surface area contributed by atoms with Gasteiger partial charge in [0.15, 0.2) is 10.8 Å². The highest BCUT2D eigenvalue weighted by Gasteiger charge is 2.20. The molecule has 0 aliphatic carbocycles. The molecule has 26 heavy (non-hydrogen) atoms. The Bertz CT molecular complexity index is 757. The van der Waals surface area contributed by atoms with Crippen LogP contribution in [0.25, 0.3) is 11.0 Å². The van der Waals surface area contributed by atoms with Crippen LogP contribution in [0.15, 0.2) is 11.4 Å². The van der Waals surface area contributed by atoms with Gasteiger partial charge in [-0.2, -0.15) is 5.10 Å². The van der Waals surface area contributed by atoms with Crippen LogP contribution in [0.2, 0.25) is 0 Å². The number of rotatable bonds is 7. The SMILES string of the molecule is CCSc1nc(N2CCOCC2)c2cnn(CCNC(=O)C(C)C)c2n1. The lowest BCUT2D eigenvalue weighted by molar-refractivity contribution is -0.124. The van der Waals surface area contributed by atoms with E-state index >= 15 is 0 Å². The van der Waals surface area contributed by atoms with Gasteiger partial charge in [0.1, 0.15) is 5.82 Å². The fourth-order valence-corrected chi connectivity index (χ4v) is 3.34. The first kappa shape index (κ1) is 18.9. The van der Waals surface area contributed by atoms with Gasteiger partial charge in [-0.3, -0.25) is 4.79 Å². The number of carbonyl (C=O) groups is 1. The lowest BCUT2D eigenvalue weighted by Gasteiger charge is -2.28. The summed E-state index contributed by atoms with van der Waals surface area (Å²) < 4.78 is 7.31. The van der Waals surface area contributed by atoms with Gasteiger partial charge in [-0.15, -0.1) is 0 Å². The third-order valence-electron chi connectivity index (χ3n) is 4.19. The standard InChI is InChI=1S/C17H26N6O2S/c1-4-26-17-20-14(22-7-9-25-10-8-22)13-11-19-23(15(13)21-17)6-5-18-16(24)12(2)3/h11-12H,4-10H2,1-3H3,(H,18,24). The topological polar surface area (TPSA) is 85.2 Å². The number of fused-ring (bicyclic) bond motifs is 1. The number of amides is 1. The summed E-state index contributed by atoms with van der Waals surface area (Å²) in [6.07, 6.45) is 1.82. The van der Waals surface area contributed by atoms with Gasteiger partial charge in [-0.25, -0.2) is 14.6 Å². The summed E-state index contributed by atoms with van der Waals surface area (Å²) in [6, 6.07) is 0. The predicted molar refractivity (Wildman–Crippen MR) is 103 cm³/mol. The second kappa shape index (κ2) is 8.68. The molecule has 0 saturated carbocycles. The monoisotopic (exact) mass is 378 g/mol. The molecular weight excluding hydrogens is 352 g/mol. The van der Waals surface area contributed by atoms with E-state index < -0.39 is 0 Å². The maximum Gasteiger partial charge on any atom is 0.222 e. The molecule has 9 heteroatoms. The average Bonchev–Trinajstić information content (AvgIpc) is 3.05. The number of nitrogens with zero attached hydrogens (tertiary/aromatic N) is 5. The normalized spacial score (nSPS) is 15.0. The van der Waals surface area contributed by atoms with Crippen LogP contribution in [-0.4, -0.2) is 64.3 Å². The molecule has 1 N–H and O–H groups in total. The fraction of sp³-hybridized carbons (Fsp3) is 0.647. The quantitative estimate of drug-likeness (QED) is 0.578. The van der Waals surface area contributed by atoms with Crippen molar-refractivity contribution < 1.29 is 9.53 Å². The highest BCUT2D eigenvalue weighted by atomic mass is 32.2. The Labute approximate surface area is 157 Å². The molecule has 0 unspecified atom stereocenters. The van der Waals surface area contributed by atoms with Crippen LogP contribution in [-0.2, 0) is 16.1 Å². The summed E-state index contributed by atoms with van der Waals surface area (Å²) in [6.45, 7) is 10.0. The van der Waals surface area contributed by atoms with Crippen LogP contribution in [0.4, 0.5) is 5.82 Å². The van der Waals surface area contributed by atoms with Crippen molar-refractivity contribution in [2.24, 2.45) is 5.92 Å². The Morgan fingerprint density at radius 3 is 2.81 bits per heavy atom. The number of hydrogen-bond acceptors (Lipinski definition) is 7. The first-order chi connectivity index (χ1) is 12.6. The molecule has 2 aromatic rings. The van der Waals surface area contributed by atoms with Crippen molar-refractivity contribution in [2.45, 2.75) is 32.5 Å². The molecule has 0 aromatic carbocycles. The number of aromatic nitrogens is 4. The minimum atomic E-state index is -0.0211. The molecule has 0 radical (unpaired) electrons. The third-order valence-corrected chi connectivity index (χ3v) is 4.92. The van der Waals surface area contributed by atoms with Crippen LogP contribution in [0.3, 0.4) is 0 Å².